The quantitative estimate of drug-likeness (QED) is 0.761. The van der Waals surface area contributed by atoms with Crippen LogP contribution in [0.25, 0.3) is 22.4 Å². The fraction of sp³-hybridized carbons (Fsp3) is 0. The van der Waals surface area contributed by atoms with E-state index in [-0.39, 0.29) is 22.4 Å². The first kappa shape index (κ1) is 13.2. The van der Waals surface area contributed by atoms with Crippen LogP contribution >= 0.6 is 0 Å². The maximum absolute atomic E-state index is 13.6. The Labute approximate surface area is 115 Å². The number of carboxylic acid groups (broad SMARTS) is 1. The Bertz CT molecular complexity index is 854. The van der Waals surface area contributed by atoms with Crippen LogP contribution in [0.3, 0.4) is 0 Å². The van der Waals surface area contributed by atoms with Gasteiger partial charge in [-0.15, -0.1) is 0 Å². The molecule has 0 saturated carbocycles. The van der Waals surface area contributed by atoms with Crippen molar-refractivity contribution in [2.45, 2.75) is 0 Å². The van der Waals surface area contributed by atoms with Gasteiger partial charge in [0.2, 0.25) is 0 Å². The largest absolute Gasteiger partial charge is 0.478 e. The van der Waals surface area contributed by atoms with Gasteiger partial charge in [-0.1, -0.05) is 0 Å². The molecule has 0 atom stereocenters. The third-order valence-electron chi connectivity index (χ3n) is 2.94. The topological polar surface area (TPSA) is 66.0 Å². The standard InChI is InChI=1S/C14H7F3N2O2/c15-7-1-6(2-8(16)3-7)13-18-11-4-9(14(20)21)10(17)5-12(11)19-13/h1-5H,(H,18,19)(H,20,21). The second kappa shape index (κ2) is 4.62. The Hall–Kier alpha value is -2.83. The number of aromatic amines is 1. The van der Waals surface area contributed by atoms with E-state index < -0.39 is 29.0 Å². The van der Waals surface area contributed by atoms with E-state index in [0.29, 0.717) is 6.07 Å². The average molecular weight is 292 g/mol. The molecule has 21 heavy (non-hydrogen) atoms. The maximum Gasteiger partial charge on any atom is 0.338 e. The van der Waals surface area contributed by atoms with Crippen LogP contribution in [0.5, 0.6) is 0 Å². The molecule has 1 aromatic heterocycles. The zero-order valence-electron chi connectivity index (χ0n) is 10.3. The summed E-state index contributed by atoms with van der Waals surface area (Å²) in [6, 6.07) is 4.88. The molecular weight excluding hydrogens is 285 g/mol. The highest BCUT2D eigenvalue weighted by molar-refractivity contribution is 5.93. The lowest BCUT2D eigenvalue weighted by Gasteiger charge is -1.97. The van der Waals surface area contributed by atoms with Crippen molar-refractivity contribution in [1.29, 1.82) is 0 Å². The number of benzene rings is 2. The number of H-pyrrole nitrogens is 1. The average Bonchev–Trinajstić information content (AvgIpc) is 2.79. The molecule has 2 N–H and O–H groups in total. The first-order valence-corrected chi connectivity index (χ1v) is 5.83. The van der Waals surface area contributed by atoms with Crippen molar-refractivity contribution in [2.24, 2.45) is 0 Å². The highest BCUT2D eigenvalue weighted by Gasteiger charge is 2.15. The van der Waals surface area contributed by atoms with Gasteiger partial charge in [0, 0.05) is 17.7 Å². The fourth-order valence-electron chi connectivity index (χ4n) is 2.02. The molecule has 4 nitrogen and oxygen atoms in total. The summed E-state index contributed by atoms with van der Waals surface area (Å²) in [5.74, 6) is -3.78. The summed E-state index contributed by atoms with van der Waals surface area (Å²) in [6.07, 6.45) is 0. The second-order valence-corrected chi connectivity index (χ2v) is 4.40. The lowest BCUT2D eigenvalue weighted by Crippen LogP contribution is -1.99. The summed E-state index contributed by atoms with van der Waals surface area (Å²) in [4.78, 5) is 17.6. The van der Waals surface area contributed by atoms with Crippen molar-refractivity contribution in [2.75, 3.05) is 0 Å². The van der Waals surface area contributed by atoms with E-state index in [1.807, 2.05) is 0 Å². The molecule has 0 radical (unpaired) electrons. The van der Waals surface area contributed by atoms with Crippen molar-refractivity contribution >= 4 is 17.0 Å². The van der Waals surface area contributed by atoms with Gasteiger partial charge in [0.1, 0.15) is 23.3 Å². The van der Waals surface area contributed by atoms with Crippen LogP contribution in [0.4, 0.5) is 13.2 Å². The molecule has 0 bridgehead atoms. The number of carboxylic acids is 1. The van der Waals surface area contributed by atoms with Crippen molar-refractivity contribution < 1.29 is 23.1 Å². The van der Waals surface area contributed by atoms with Crippen molar-refractivity contribution in [3.63, 3.8) is 0 Å². The van der Waals surface area contributed by atoms with Crippen molar-refractivity contribution in [3.05, 3.63) is 53.3 Å². The van der Waals surface area contributed by atoms with Gasteiger partial charge >= 0.3 is 5.97 Å². The zero-order chi connectivity index (χ0) is 15.1. The summed E-state index contributed by atoms with van der Waals surface area (Å²) in [5, 5.41) is 8.84. The van der Waals surface area contributed by atoms with E-state index in [1.165, 1.54) is 0 Å². The Morgan fingerprint density at radius 1 is 1.05 bits per heavy atom. The van der Waals surface area contributed by atoms with E-state index in [1.54, 1.807) is 0 Å². The van der Waals surface area contributed by atoms with Crippen molar-refractivity contribution in [1.82, 2.24) is 9.97 Å². The molecule has 0 aliphatic carbocycles. The van der Waals surface area contributed by atoms with E-state index in [2.05, 4.69) is 9.97 Å². The third-order valence-corrected chi connectivity index (χ3v) is 2.94. The number of nitrogens with one attached hydrogen (secondary N) is 1. The van der Waals surface area contributed by atoms with Gasteiger partial charge in [-0.3, -0.25) is 0 Å². The van der Waals surface area contributed by atoms with Crippen LogP contribution in [0.15, 0.2) is 30.3 Å². The molecule has 7 heteroatoms. The van der Waals surface area contributed by atoms with Gasteiger partial charge < -0.3 is 10.1 Å². The Kier molecular flexibility index (Phi) is 2.90. The van der Waals surface area contributed by atoms with E-state index >= 15 is 0 Å². The minimum absolute atomic E-state index is 0.116. The smallest absolute Gasteiger partial charge is 0.338 e. The van der Waals surface area contributed by atoms with Crippen LogP contribution in [-0.4, -0.2) is 21.0 Å². The Morgan fingerprint density at radius 3 is 2.33 bits per heavy atom. The Morgan fingerprint density at radius 2 is 1.71 bits per heavy atom. The number of rotatable bonds is 2. The number of halogens is 3. The second-order valence-electron chi connectivity index (χ2n) is 4.40. The van der Waals surface area contributed by atoms with E-state index in [9.17, 15) is 18.0 Å². The molecule has 0 aliphatic heterocycles. The summed E-state index contributed by atoms with van der Waals surface area (Å²) >= 11 is 0. The molecule has 0 aliphatic rings. The Balaban J connectivity index is 2.19. The molecular formula is C14H7F3N2O2. The predicted octanol–water partition coefficient (Wildman–Crippen LogP) is 3.35. The van der Waals surface area contributed by atoms with E-state index in [0.717, 1.165) is 24.3 Å². The minimum atomic E-state index is -1.42. The monoisotopic (exact) mass is 292 g/mol. The molecule has 0 amide bonds. The number of aromatic carboxylic acids is 1. The highest BCUT2D eigenvalue weighted by atomic mass is 19.1. The molecule has 3 rings (SSSR count). The SMILES string of the molecule is O=C(O)c1cc2nc(-c3cc(F)cc(F)c3)[nH]c2cc1F. The van der Waals surface area contributed by atoms with Gasteiger partial charge in [0.15, 0.2) is 0 Å². The van der Waals surface area contributed by atoms with E-state index in [4.69, 9.17) is 5.11 Å². The first-order chi connectivity index (χ1) is 9.94. The predicted molar refractivity (Wildman–Crippen MR) is 68.4 cm³/mol. The zero-order valence-corrected chi connectivity index (χ0v) is 10.3. The fourth-order valence-corrected chi connectivity index (χ4v) is 2.02. The van der Waals surface area contributed by atoms with Crippen LogP contribution in [0.2, 0.25) is 0 Å². The first-order valence-electron chi connectivity index (χ1n) is 5.83. The van der Waals surface area contributed by atoms with Crippen molar-refractivity contribution in [3.8, 4) is 11.4 Å². The third kappa shape index (κ3) is 2.33. The summed E-state index contributed by atoms with van der Waals surface area (Å²) in [6.45, 7) is 0. The van der Waals surface area contributed by atoms with Gasteiger partial charge in [-0.25, -0.2) is 22.9 Å². The molecule has 3 aromatic rings. The number of nitrogens with zero attached hydrogens (tertiary/aromatic N) is 1. The number of hydrogen-bond donors (Lipinski definition) is 2. The highest BCUT2D eigenvalue weighted by Crippen LogP contribution is 2.24. The lowest BCUT2D eigenvalue weighted by molar-refractivity contribution is 0.0692. The summed E-state index contributed by atoms with van der Waals surface area (Å²) in [7, 11) is 0. The van der Waals surface area contributed by atoms with Gasteiger partial charge in [0.25, 0.3) is 0 Å². The number of fused-ring (bicyclic) bond motifs is 1. The number of carbonyl (C=O) groups is 1. The molecule has 106 valence electrons. The van der Waals surface area contributed by atoms with Gasteiger partial charge in [-0.05, 0) is 18.2 Å². The normalized spacial score (nSPS) is 11.0. The molecule has 0 unspecified atom stereocenters. The molecule has 0 saturated heterocycles. The number of hydrogen-bond acceptors (Lipinski definition) is 2. The molecule has 0 fully saturated rings. The van der Waals surface area contributed by atoms with Crippen LogP contribution < -0.4 is 0 Å². The minimum Gasteiger partial charge on any atom is -0.478 e. The summed E-state index contributed by atoms with van der Waals surface area (Å²) < 4.78 is 39.9. The van der Waals surface area contributed by atoms with Gasteiger partial charge in [-0.2, -0.15) is 0 Å². The molecule has 0 spiro atoms. The van der Waals surface area contributed by atoms with Crippen LogP contribution in [0, 0.1) is 17.5 Å². The molecule has 2 aromatic carbocycles. The van der Waals surface area contributed by atoms with Crippen LogP contribution in [-0.2, 0) is 0 Å². The maximum atomic E-state index is 13.6. The van der Waals surface area contributed by atoms with Gasteiger partial charge in [0.05, 0.1) is 16.6 Å². The number of imidazole rings is 1. The summed E-state index contributed by atoms with van der Waals surface area (Å²) in [5.41, 5.74) is 0.0394. The van der Waals surface area contributed by atoms with Crippen LogP contribution in [0.1, 0.15) is 10.4 Å². The lowest BCUT2D eigenvalue weighted by atomic mass is 10.2. The molecule has 1 heterocycles. The number of aromatic nitrogens is 2.